The molecule has 0 aliphatic carbocycles. The molecular formula is C11H15NO3S. The third-order valence-corrected chi connectivity index (χ3v) is 3.26. The van der Waals surface area contributed by atoms with Crippen molar-refractivity contribution < 1.29 is 14.3 Å². The van der Waals surface area contributed by atoms with E-state index in [2.05, 4.69) is 16.1 Å². The van der Waals surface area contributed by atoms with E-state index in [1.807, 2.05) is 12.3 Å². The van der Waals surface area contributed by atoms with Gasteiger partial charge in [-0.05, 0) is 30.4 Å². The number of rotatable bonds is 5. The summed E-state index contributed by atoms with van der Waals surface area (Å²) in [4.78, 5) is 23.3. The van der Waals surface area contributed by atoms with Crippen LogP contribution in [0.4, 0.5) is 0 Å². The van der Waals surface area contributed by atoms with Crippen molar-refractivity contribution in [2.45, 2.75) is 19.8 Å². The molecule has 0 spiro atoms. The second-order valence-electron chi connectivity index (χ2n) is 3.38. The van der Waals surface area contributed by atoms with Crippen molar-refractivity contribution in [3.05, 3.63) is 21.9 Å². The van der Waals surface area contributed by atoms with Crippen LogP contribution in [0.15, 0.2) is 11.4 Å². The number of nitrogens with one attached hydrogen (secondary N) is 1. The summed E-state index contributed by atoms with van der Waals surface area (Å²) in [5.74, 6) is -0.800. The molecule has 0 bridgehead atoms. The van der Waals surface area contributed by atoms with Crippen molar-refractivity contribution in [1.29, 1.82) is 0 Å². The standard InChI is InChI=1S/C11H15NO3S/c1-8-4-6-16-9(8)3-5-12-10(13)7-11(14)15-2/h4,6H,3,5,7H2,1-2H3,(H,12,13). The molecular weight excluding hydrogens is 226 g/mol. The molecule has 4 nitrogen and oxygen atoms in total. The molecule has 1 aromatic rings. The molecule has 0 saturated heterocycles. The molecule has 0 aliphatic rings. The lowest BCUT2D eigenvalue weighted by molar-refractivity contribution is -0.143. The predicted molar refractivity (Wildman–Crippen MR) is 62.4 cm³/mol. The summed E-state index contributed by atoms with van der Waals surface area (Å²) in [7, 11) is 1.27. The molecule has 88 valence electrons. The monoisotopic (exact) mass is 241 g/mol. The van der Waals surface area contributed by atoms with E-state index >= 15 is 0 Å². The highest BCUT2D eigenvalue weighted by atomic mass is 32.1. The lowest BCUT2D eigenvalue weighted by Gasteiger charge is -2.03. The molecule has 16 heavy (non-hydrogen) atoms. The molecule has 5 heteroatoms. The Labute approximate surface area is 98.6 Å². The molecule has 0 unspecified atom stereocenters. The fourth-order valence-electron chi connectivity index (χ4n) is 1.24. The van der Waals surface area contributed by atoms with Crippen molar-refractivity contribution in [1.82, 2.24) is 5.32 Å². The average molecular weight is 241 g/mol. The van der Waals surface area contributed by atoms with Gasteiger partial charge in [0.1, 0.15) is 6.42 Å². The Morgan fingerprint density at radius 1 is 1.50 bits per heavy atom. The normalized spacial score (nSPS) is 9.88. The SMILES string of the molecule is COC(=O)CC(=O)NCCc1sccc1C. The molecule has 1 aromatic heterocycles. The van der Waals surface area contributed by atoms with E-state index in [4.69, 9.17) is 0 Å². The molecule has 0 atom stereocenters. The summed E-state index contributed by atoms with van der Waals surface area (Å²) in [6, 6.07) is 2.05. The molecule has 1 amide bonds. The zero-order valence-corrected chi connectivity index (χ0v) is 10.2. The minimum atomic E-state index is -0.509. The highest BCUT2D eigenvalue weighted by Crippen LogP contribution is 2.15. The van der Waals surface area contributed by atoms with Crippen LogP contribution in [-0.2, 0) is 20.7 Å². The number of methoxy groups -OCH3 is 1. The molecule has 0 aliphatic heterocycles. The van der Waals surface area contributed by atoms with Gasteiger partial charge in [0.2, 0.25) is 5.91 Å². The quantitative estimate of drug-likeness (QED) is 0.624. The Kier molecular flexibility index (Phi) is 4.98. The molecule has 1 heterocycles. The van der Waals surface area contributed by atoms with E-state index < -0.39 is 5.97 Å². The fourth-order valence-corrected chi connectivity index (χ4v) is 2.15. The Morgan fingerprint density at radius 2 is 2.25 bits per heavy atom. The van der Waals surface area contributed by atoms with Crippen LogP contribution in [-0.4, -0.2) is 25.5 Å². The third kappa shape index (κ3) is 4.02. The van der Waals surface area contributed by atoms with Crippen LogP contribution in [0, 0.1) is 6.92 Å². The molecule has 0 aromatic carbocycles. The van der Waals surface area contributed by atoms with Gasteiger partial charge >= 0.3 is 5.97 Å². The number of hydrogen-bond acceptors (Lipinski definition) is 4. The number of thiophene rings is 1. The van der Waals surface area contributed by atoms with E-state index in [0.29, 0.717) is 6.54 Å². The number of carbonyl (C=O) groups is 2. The average Bonchev–Trinajstić information content (AvgIpc) is 2.64. The van der Waals surface area contributed by atoms with Gasteiger partial charge in [0, 0.05) is 11.4 Å². The topological polar surface area (TPSA) is 55.4 Å². The first kappa shape index (κ1) is 12.7. The van der Waals surface area contributed by atoms with E-state index in [9.17, 15) is 9.59 Å². The molecule has 0 saturated carbocycles. The summed E-state index contributed by atoms with van der Waals surface area (Å²) in [5, 5.41) is 4.71. The van der Waals surface area contributed by atoms with Gasteiger partial charge in [-0.3, -0.25) is 9.59 Å². The summed E-state index contributed by atoms with van der Waals surface area (Å²) in [5.41, 5.74) is 1.24. The minimum absolute atomic E-state index is 0.208. The highest BCUT2D eigenvalue weighted by molar-refractivity contribution is 7.10. The number of amides is 1. The maximum atomic E-state index is 11.2. The van der Waals surface area contributed by atoms with Gasteiger partial charge < -0.3 is 10.1 Å². The van der Waals surface area contributed by atoms with Crippen molar-refractivity contribution in [2.75, 3.05) is 13.7 Å². The van der Waals surface area contributed by atoms with Crippen LogP contribution in [0.3, 0.4) is 0 Å². The number of hydrogen-bond donors (Lipinski definition) is 1. The van der Waals surface area contributed by atoms with Crippen molar-refractivity contribution >= 4 is 23.2 Å². The van der Waals surface area contributed by atoms with Gasteiger partial charge in [-0.15, -0.1) is 11.3 Å². The first-order valence-corrected chi connectivity index (χ1v) is 5.88. The lowest BCUT2D eigenvalue weighted by Crippen LogP contribution is -2.28. The van der Waals surface area contributed by atoms with E-state index in [-0.39, 0.29) is 12.3 Å². The van der Waals surface area contributed by atoms with Crippen LogP contribution < -0.4 is 5.32 Å². The van der Waals surface area contributed by atoms with E-state index in [1.165, 1.54) is 17.6 Å². The number of esters is 1. The number of aryl methyl sites for hydroxylation is 1. The van der Waals surface area contributed by atoms with Crippen molar-refractivity contribution in [2.24, 2.45) is 0 Å². The Balaban J connectivity index is 2.23. The van der Waals surface area contributed by atoms with Gasteiger partial charge in [0.05, 0.1) is 7.11 Å². The summed E-state index contributed by atoms with van der Waals surface area (Å²) in [6.45, 7) is 2.60. The Morgan fingerprint density at radius 3 is 2.81 bits per heavy atom. The fraction of sp³-hybridized carbons (Fsp3) is 0.455. The Hall–Kier alpha value is -1.36. The largest absolute Gasteiger partial charge is 0.469 e. The smallest absolute Gasteiger partial charge is 0.315 e. The zero-order chi connectivity index (χ0) is 12.0. The number of carbonyl (C=O) groups excluding carboxylic acids is 2. The molecule has 0 radical (unpaired) electrons. The summed E-state index contributed by atoms with van der Waals surface area (Å²) in [6.07, 6.45) is 0.594. The molecule has 1 rings (SSSR count). The van der Waals surface area contributed by atoms with Gasteiger partial charge in [-0.2, -0.15) is 0 Å². The maximum absolute atomic E-state index is 11.2. The first-order chi connectivity index (χ1) is 7.63. The van der Waals surface area contributed by atoms with E-state index in [1.54, 1.807) is 11.3 Å². The van der Waals surface area contributed by atoms with Gasteiger partial charge in [0.15, 0.2) is 0 Å². The summed E-state index contributed by atoms with van der Waals surface area (Å²) < 4.78 is 4.39. The lowest BCUT2D eigenvalue weighted by atomic mass is 10.2. The number of ether oxygens (including phenoxy) is 1. The van der Waals surface area contributed by atoms with Crippen LogP contribution in [0.25, 0.3) is 0 Å². The maximum Gasteiger partial charge on any atom is 0.315 e. The van der Waals surface area contributed by atoms with Crippen molar-refractivity contribution in [3.63, 3.8) is 0 Å². The second kappa shape index (κ2) is 6.27. The van der Waals surface area contributed by atoms with Gasteiger partial charge in [-0.25, -0.2) is 0 Å². The zero-order valence-electron chi connectivity index (χ0n) is 9.41. The highest BCUT2D eigenvalue weighted by Gasteiger charge is 2.08. The summed E-state index contributed by atoms with van der Waals surface area (Å²) >= 11 is 1.68. The van der Waals surface area contributed by atoms with Gasteiger partial charge in [-0.1, -0.05) is 0 Å². The van der Waals surface area contributed by atoms with Gasteiger partial charge in [0.25, 0.3) is 0 Å². The predicted octanol–water partition coefficient (Wildman–Crippen LogP) is 1.28. The second-order valence-corrected chi connectivity index (χ2v) is 4.38. The first-order valence-electron chi connectivity index (χ1n) is 5.00. The van der Waals surface area contributed by atoms with Crippen LogP contribution >= 0.6 is 11.3 Å². The third-order valence-electron chi connectivity index (χ3n) is 2.17. The van der Waals surface area contributed by atoms with E-state index in [0.717, 1.165) is 6.42 Å². The van der Waals surface area contributed by atoms with Crippen molar-refractivity contribution in [3.8, 4) is 0 Å². The molecule has 1 N–H and O–H groups in total. The molecule has 0 fully saturated rings. The Bertz CT molecular complexity index is 373. The van der Waals surface area contributed by atoms with Crippen LogP contribution in [0.2, 0.25) is 0 Å². The van der Waals surface area contributed by atoms with Crippen LogP contribution in [0.5, 0.6) is 0 Å². The minimum Gasteiger partial charge on any atom is -0.469 e. The van der Waals surface area contributed by atoms with Crippen LogP contribution in [0.1, 0.15) is 16.9 Å².